The summed E-state index contributed by atoms with van der Waals surface area (Å²) in [5.41, 5.74) is 6.10. The molecule has 0 aliphatic heterocycles. The second-order valence-electron chi connectivity index (χ2n) is 4.21. The van der Waals surface area contributed by atoms with E-state index in [0.29, 0.717) is 24.8 Å². The highest BCUT2D eigenvalue weighted by Crippen LogP contribution is 2.18. The van der Waals surface area contributed by atoms with Crippen LogP contribution in [0.2, 0.25) is 0 Å². The van der Waals surface area contributed by atoms with Crippen molar-refractivity contribution in [2.45, 2.75) is 27.3 Å². The van der Waals surface area contributed by atoms with Crippen molar-refractivity contribution in [3.05, 3.63) is 35.2 Å². The number of carbonyl (C=O) groups is 1. The number of nitrogens with zero attached hydrogens (tertiary/aromatic N) is 2. The van der Waals surface area contributed by atoms with E-state index in [-0.39, 0.29) is 5.69 Å². The zero-order chi connectivity index (χ0) is 14.0. The molecule has 0 saturated heterocycles. The van der Waals surface area contributed by atoms with Gasteiger partial charge in [0.1, 0.15) is 23.2 Å². The van der Waals surface area contributed by atoms with Crippen molar-refractivity contribution < 1.29 is 13.9 Å². The third kappa shape index (κ3) is 2.62. The number of aryl methyl sites for hydroxylation is 2. The summed E-state index contributed by atoms with van der Waals surface area (Å²) in [5, 5.41) is 0. The fourth-order valence-corrected chi connectivity index (χ4v) is 1.86. The number of esters is 1. The lowest BCUT2D eigenvalue weighted by molar-refractivity contribution is 0.0521. The minimum atomic E-state index is -0.502. The molecule has 0 amide bonds. The minimum Gasteiger partial charge on any atom is -0.464 e. The Morgan fingerprint density at radius 2 is 2.21 bits per heavy atom. The van der Waals surface area contributed by atoms with Crippen LogP contribution >= 0.6 is 0 Å². The van der Waals surface area contributed by atoms with E-state index < -0.39 is 5.97 Å². The van der Waals surface area contributed by atoms with Crippen LogP contribution in [0.15, 0.2) is 16.5 Å². The van der Waals surface area contributed by atoms with Crippen LogP contribution in [0.25, 0.3) is 0 Å². The fraction of sp³-hybridized carbons (Fsp3) is 0.385. The first-order chi connectivity index (χ1) is 9.02. The molecule has 0 unspecified atom stereocenters. The van der Waals surface area contributed by atoms with Gasteiger partial charge in [0.15, 0.2) is 5.69 Å². The molecule has 0 fully saturated rings. The van der Waals surface area contributed by atoms with Crippen LogP contribution in [0.3, 0.4) is 0 Å². The molecular formula is C13H17N3O3. The van der Waals surface area contributed by atoms with Crippen LogP contribution in [-0.2, 0) is 11.3 Å². The molecular weight excluding hydrogens is 246 g/mol. The zero-order valence-corrected chi connectivity index (χ0v) is 11.3. The van der Waals surface area contributed by atoms with E-state index in [1.807, 2.05) is 19.1 Å². The molecule has 6 nitrogen and oxygen atoms in total. The Balaban J connectivity index is 2.29. The number of nitrogen functional groups attached to an aromatic ring is 1. The summed E-state index contributed by atoms with van der Waals surface area (Å²) in [7, 11) is 0. The summed E-state index contributed by atoms with van der Waals surface area (Å²) in [6.07, 6.45) is 0. The van der Waals surface area contributed by atoms with Gasteiger partial charge in [-0.3, -0.25) is 0 Å². The number of hydrogen-bond donors (Lipinski definition) is 1. The standard InChI is InChI=1S/C13H17N3O3/c1-4-18-13(17)11-12(14)16(9(3)15-11)7-10-6-5-8(2)19-10/h5-6H,4,7,14H2,1-3H3. The molecule has 2 heterocycles. The van der Waals surface area contributed by atoms with Crippen molar-refractivity contribution in [3.8, 4) is 0 Å². The highest BCUT2D eigenvalue weighted by Gasteiger charge is 2.20. The topological polar surface area (TPSA) is 83.3 Å². The average Bonchev–Trinajstić information content (AvgIpc) is 2.88. The minimum absolute atomic E-state index is 0.155. The molecule has 0 radical (unpaired) electrons. The first-order valence-electron chi connectivity index (χ1n) is 6.08. The van der Waals surface area contributed by atoms with Crippen molar-refractivity contribution in [2.24, 2.45) is 0 Å². The molecule has 6 heteroatoms. The van der Waals surface area contributed by atoms with Crippen molar-refractivity contribution in [2.75, 3.05) is 12.3 Å². The van der Waals surface area contributed by atoms with Gasteiger partial charge in [0, 0.05) is 0 Å². The smallest absolute Gasteiger partial charge is 0.360 e. The van der Waals surface area contributed by atoms with Gasteiger partial charge in [-0.05, 0) is 32.9 Å². The lowest BCUT2D eigenvalue weighted by Crippen LogP contribution is -2.10. The Hall–Kier alpha value is -2.24. The first-order valence-corrected chi connectivity index (χ1v) is 6.08. The molecule has 0 atom stereocenters. The van der Waals surface area contributed by atoms with E-state index in [0.717, 1.165) is 11.5 Å². The molecule has 0 saturated carbocycles. The molecule has 102 valence electrons. The highest BCUT2D eigenvalue weighted by atomic mass is 16.5. The van der Waals surface area contributed by atoms with Gasteiger partial charge >= 0.3 is 5.97 Å². The van der Waals surface area contributed by atoms with Gasteiger partial charge in [0.2, 0.25) is 0 Å². The third-order valence-corrected chi connectivity index (χ3v) is 2.78. The van der Waals surface area contributed by atoms with Crippen LogP contribution in [0, 0.1) is 13.8 Å². The van der Waals surface area contributed by atoms with Crippen LogP contribution in [0.5, 0.6) is 0 Å². The molecule has 2 N–H and O–H groups in total. The Kier molecular flexibility index (Phi) is 3.59. The van der Waals surface area contributed by atoms with E-state index in [9.17, 15) is 4.79 Å². The van der Waals surface area contributed by atoms with Crippen molar-refractivity contribution in [1.29, 1.82) is 0 Å². The largest absolute Gasteiger partial charge is 0.464 e. The van der Waals surface area contributed by atoms with Crippen molar-refractivity contribution >= 4 is 11.8 Å². The number of rotatable bonds is 4. The molecule has 0 aliphatic rings. The second-order valence-corrected chi connectivity index (χ2v) is 4.21. The average molecular weight is 263 g/mol. The molecule has 0 aromatic carbocycles. The van der Waals surface area contributed by atoms with Crippen molar-refractivity contribution in [3.63, 3.8) is 0 Å². The maximum absolute atomic E-state index is 11.7. The first kappa shape index (κ1) is 13.2. The summed E-state index contributed by atoms with van der Waals surface area (Å²) >= 11 is 0. The lowest BCUT2D eigenvalue weighted by atomic mass is 10.4. The molecule has 0 aliphatic carbocycles. The highest BCUT2D eigenvalue weighted by molar-refractivity contribution is 5.92. The number of anilines is 1. The van der Waals surface area contributed by atoms with E-state index in [1.54, 1.807) is 18.4 Å². The second kappa shape index (κ2) is 5.17. The quantitative estimate of drug-likeness (QED) is 0.852. The Morgan fingerprint density at radius 3 is 2.79 bits per heavy atom. The third-order valence-electron chi connectivity index (χ3n) is 2.78. The van der Waals surface area contributed by atoms with E-state index >= 15 is 0 Å². The van der Waals surface area contributed by atoms with Gasteiger partial charge < -0.3 is 19.5 Å². The molecule has 19 heavy (non-hydrogen) atoms. The Morgan fingerprint density at radius 1 is 1.47 bits per heavy atom. The predicted molar refractivity (Wildman–Crippen MR) is 69.9 cm³/mol. The van der Waals surface area contributed by atoms with Gasteiger partial charge in [-0.2, -0.15) is 0 Å². The number of hydrogen-bond acceptors (Lipinski definition) is 5. The summed E-state index contributed by atoms with van der Waals surface area (Å²) < 4.78 is 12.1. The monoisotopic (exact) mass is 263 g/mol. The maximum Gasteiger partial charge on any atom is 0.360 e. The molecule has 2 aromatic rings. The fourth-order valence-electron chi connectivity index (χ4n) is 1.86. The molecule has 0 bridgehead atoms. The number of aromatic nitrogens is 2. The Bertz CT molecular complexity index is 598. The summed E-state index contributed by atoms with van der Waals surface area (Å²) in [6, 6.07) is 3.75. The Labute approximate surface area is 111 Å². The van der Waals surface area contributed by atoms with Crippen LogP contribution < -0.4 is 5.73 Å². The van der Waals surface area contributed by atoms with Gasteiger partial charge in [-0.15, -0.1) is 0 Å². The van der Waals surface area contributed by atoms with Gasteiger partial charge in [-0.25, -0.2) is 9.78 Å². The maximum atomic E-state index is 11.7. The number of furan rings is 1. The number of imidazole rings is 1. The number of carbonyl (C=O) groups excluding carboxylic acids is 1. The van der Waals surface area contributed by atoms with Gasteiger partial charge in [0.05, 0.1) is 13.2 Å². The van der Waals surface area contributed by atoms with Crippen LogP contribution in [0.4, 0.5) is 5.82 Å². The van der Waals surface area contributed by atoms with Gasteiger partial charge in [-0.1, -0.05) is 0 Å². The van der Waals surface area contributed by atoms with E-state index in [2.05, 4.69) is 4.98 Å². The predicted octanol–water partition coefficient (Wildman–Crippen LogP) is 1.90. The summed E-state index contributed by atoms with van der Waals surface area (Å²) in [6.45, 7) is 6.13. The molecule has 2 aromatic heterocycles. The molecule has 0 spiro atoms. The SMILES string of the molecule is CCOC(=O)c1nc(C)n(Cc2ccc(C)o2)c1N. The lowest BCUT2D eigenvalue weighted by Gasteiger charge is -2.05. The zero-order valence-electron chi connectivity index (χ0n) is 11.3. The summed E-state index contributed by atoms with van der Waals surface area (Å²) in [4.78, 5) is 15.8. The van der Waals surface area contributed by atoms with Crippen LogP contribution in [0.1, 0.15) is 34.8 Å². The van der Waals surface area contributed by atoms with Crippen LogP contribution in [-0.4, -0.2) is 22.1 Å². The number of ether oxygens (including phenoxy) is 1. The summed E-state index contributed by atoms with van der Waals surface area (Å²) in [5.74, 6) is 2.04. The van der Waals surface area contributed by atoms with Gasteiger partial charge in [0.25, 0.3) is 0 Å². The molecule has 2 rings (SSSR count). The van der Waals surface area contributed by atoms with Crippen molar-refractivity contribution in [1.82, 2.24) is 9.55 Å². The van der Waals surface area contributed by atoms with E-state index in [4.69, 9.17) is 14.9 Å². The normalized spacial score (nSPS) is 10.7. The van der Waals surface area contributed by atoms with E-state index in [1.165, 1.54) is 0 Å². The number of nitrogens with two attached hydrogens (primary N) is 1.